The molecule has 0 unspecified atom stereocenters. The normalized spacial score (nSPS) is 17.2. The van der Waals surface area contributed by atoms with Crippen LogP contribution in [-0.2, 0) is 6.54 Å². The van der Waals surface area contributed by atoms with Gasteiger partial charge in [-0.3, -0.25) is 4.90 Å². The average molecular weight is 258 g/mol. The second-order valence-corrected chi connectivity index (χ2v) is 5.90. The fourth-order valence-corrected chi connectivity index (χ4v) is 2.53. The molecule has 1 heterocycles. The van der Waals surface area contributed by atoms with Crippen molar-refractivity contribution < 1.29 is 0 Å². The number of aromatic nitrogens is 2. The number of fused-ring (bicyclic) bond motifs is 1. The van der Waals surface area contributed by atoms with Crippen LogP contribution in [0.25, 0.3) is 11.0 Å². The number of nitrogens with two attached hydrogens (primary N) is 1. The molecule has 0 aliphatic heterocycles. The third-order valence-corrected chi connectivity index (χ3v) is 3.96. The van der Waals surface area contributed by atoms with Crippen molar-refractivity contribution in [1.29, 1.82) is 0 Å². The Labute approximate surface area is 114 Å². The lowest BCUT2D eigenvalue weighted by atomic mass is 10.1. The molecule has 0 spiro atoms. The molecule has 2 aromatic rings. The minimum absolute atomic E-state index is 0.181. The van der Waals surface area contributed by atoms with Crippen molar-refractivity contribution in [2.75, 3.05) is 13.6 Å². The minimum atomic E-state index is 0.181. The first kappa shape index (κ1) is 12.6. The standard InChI is InChI=1S/C15H22N4/c1-19(10-4-7-15(16)8-9-15)11-14-17-12-5-2-3-6-13(12)18-14/h2-3,5-6H,4,7-11,16H2,1H3,(H,17,18). The minimum Gasteiger partial charge on any atom is -0.341 e. The van der Waals surface area contributed by atoms with Gasteiger partial charge in [-0.2, -0.15) is 0 Å². The van der Waals surface area contributed by atoms with Gasteiger partial charge >= 0.3 is 0 Å². The van der Waals surface area contributed by atoms with Gasteiger partial charge in [0.15, 0.2) is 0 Å². The molecular formula is C15H22N4. The Morgan fingerprint density at radius 3 is 2.89 bits per heavy atom. The molecule has 1 aliphatic rings. The molecule has 0 bridgehead atoms. The summed E-state index contributed by atoms with van der Waals surface area (Å²) in [4.78, 5) is 10.3. The van der Waals surface area contributed by atoms with Crippen LogP contribution in [0.1, 0.15) is 31.5 Å². The Balaban J connectivity index is 1.52. The van der Waals surface area contributed by atoms with E-state index in [9.17, 15) is 0 Å². The van der Waals surface area contributed by atoms with E-state index in [0.29, 0.717) is 0 Å². The van der Waals surface area contributed by atoms with E-state index in [2.05, 4.69) is 28.0 Å². The summed E-state index contributed by atoms with van der Waals surface area (Å²) in [5.41, 5.74) is 8.44. The van der Waals surface area contributed by atoms with Crippen molar-refractivity contribution in [2.24, 2.45) is 5.73 Å². The van der Waals surface area contributed by atoms with Gasteiger partial charge in [0, 0.05) is 5.54 Å². The topological polar surface area (TPSA) is 57.9 Å². The number of aromatic amines is 1. The number of imidazole rings is 1. The van der Waals surface area contributed by atoms with Gasteiger partial charge in [-0.15, -0.1) is 0 Å². The van der Waals surface area contributed by atoms with Crippen molar-refractivity contribution in [3.63, 3.8) is 0 Å². The molecule has 1 saturated carbocycles. The van der Waals surface area contributed by atoms with Crippen LogP contribution in [0, 0.1) is 0 Å². The molecule has 1 aromatic carbocycles. The lowest BCUT2D eigenvalue weighted by Crippen LogP contribution is -2.25. The lowest BCUT2D eigenvalue weighted by molar-refractivity contribution is 0.306. The highest BCUT2D eigenvalue weighted by Gasteiger charge is 2.37. The molecule has 0 amide bonds. The maximum absolute atomic E-state index is 6.10. The van der Waals surface area contributed by atoms with Gasteiger partial charge in [-0.1, -0.05) is 12.1 Å². The van der Waals surface area contributed by atoms with Crippen LogP contribution in [0.15, 0.2) is 24.3 Å². The Bertz CT molecular complexity index is 523. The molecule has 0 atom stereocenters. The van der Waals surface area contributed by atoms with Gasteiger partial charge in [-0.25, -0.2) is 4.98 Å². The van der Waals surface area contributed by atoms with E-state index in [1.54, 1.807) is 0 Å². The summed E-state index contributed by atoms with van der Waals surface area (Å²) in [6.45, 7) is 1.95. The molecule has 4 heteroatoms. The summed E-state index contributed by atoms with van der Waals surface area (Å²) in [7, 11) is 2.14. The predicted molar refractivity (Wildman–Crippen MR) is 77.8 cm³/mol. The molecule has 19 heavy (non-hydrogen) atoms. The average Bonchev–Trinajstić information content (AvgIpc) is 2.97. The molecule has 102 valence electrons. The molecule has 4 nitrogen and oxygen atoms in total. The highest BCUT2D eigenvalue weighted by Crippen LogP contribution is 2.36. The van der Waals surface area contributed by atoms with Crippen LogP contribution < -0.4 is 5.73 Å². The number of hydrogen-bond acceptors (Lipinski definition) is 3. The summed E-state index contributed by atoms with van der Waals surface area (Å²) >= 11 is 0. The summed E-state index contributed by atoms with van der Waals surface area (Å²) in [6, 6.07) is 8.16. The number of nitrogens with one attached hydrogen (secondary N) is 1. The van der Waals surface area contributed by atoms with Crippen LogP contribution in [-0.4, -0.2) is 34.0 Å². The monoisotopic (exact) mass is 258 g/mol. The Hall–Kier alpha value is -1.39. The van der Waals surface area contributed by atoms with E-state index < -0.39 is 0 Å². The van der Waals surface area contributed by atoms with E-state index in [0.717, 1.165) is 36.4 Å². The Kier molecular flexibility index (Phi) is 3.29. The number of hydrogen-bond donors (Lipinski definition) is 2. The highest BCUT2D eigenvalue weighted by molar-refractivity contribution is 5.74. The number of H-pyrrole nitrogens is 1. The lowest BCUT2D eigenvalue weighted by Gasteiger charge is -2.16. The Morgan fingerprint density at radius 1 is 1.37 bits per heavy atom. The summed E-state index contributed by atoms with van der Waals surface area (Å²) in [5.74, 6) is 1.04. The van der Waals surface area contributed by atoms with Gasteiger partial charge in [-0.05, 0) is 51.4 Å². The van der Waals surface area contributed by atoms with Crippen LogP contribution in [0.3, 0.4) is 0 Å². The maximum atomic E-state index is 6.10. The molecular weight excluding hydrogens is 236 g/mol. The second-order valence-electron chi connectivity index (χ2n) is 5.90. The summed E-state index contributed by atoms with van der Waals surface area (Å²) in [5, 5.41) is 0. The first-order chi connectivity index (χ1) is 9.15. The van der Waals surface area contributed by atoms with Crippen LogP contribution in [0.2, 0.25) is 0 Å². The first-order valence-corrected chi connectivity index (χ1v) is 7.06. The molecule has 1 aromatic heterocycles. The largest absolute Gasteiger partial charge is 0.341 e. The van der Waals surface area contributed by atoms with Gasteiger partial charge in [0.1, 0.15) is 5.82 Å². The zero-order valence-electron chi connectivity index (χ0n) is 11.5. The number of rotatable bonds is 6. The van der Waals surface area contributed by atoms with E-state index >= 15 is 0 Å². The molecule has 0 saturated heterocycles. The van der Waals surface area contributed by atoms with E-state index in [1.165, 1.54) is 19.3 Å². The highest BCUT2D eigenvalue weighted by atomic mass is 15.1. The number of nitrogens with zero attached hydrogens (tertiary/aromatic N) is 2. The van der Waals surface area contributed by atoms with Crippen molar-refractivity contribution in [3.8, 4) is 0 Å². The quantitative estimate of drug-likeness (QED) is 0.835. The van der Waals surface area contributed by atoms with Crippen molar-refractivity contribution in [3.05, 3.63) is 30.1 Å². The van der Waals surface area contributed by atoms with Crippen LogP contribution in [0.4, 0.5) is 0 Å². The molecule has 3 rings (SSSR count). The summed E-state index contributed by atoms with van der Waals surface area (Å²) in [6.07, 6.45) is 4.74. The first-order valence-electron chi connectivity index (χ1n) is 7.06. The zero-order valence-corrected chi connectivity index (χ0v) is 11.5. The third kappa shape index (κ3) is 3.14. The van der Waals surface area contributed by atoms with Crippen LogP contribution >= 0.6 is 0 Å². The van der Waals surface area contributed by atoms with E-state index in [1.807, 2.05) is 18.2 Å². The number of para-hydroxylation sites is 2. The second kappa shape index (κ2) is 4.94. The van der Waals surface area contributed by atoms with E-state index in [-0.39, 0.29) is 5.54 Å². The SMILES string of the molecule is CN(CCCC1(N)CC1)Cc1nc2ccccc2[nH]1. The van der Waals surface area contributed by atoms with Gasteiger partial charge < -0.3 is 10.7 Å². The van der Waals surface area contributed by atoms with Crippen molar-refractivity contribution >= 4 is 11.0 Å². The maximum Gasteiger partial charge on any atom is 0.121 e. The molecule has 1 aliphatic carbocycles. The van der Waals surface area contributed by atoms with Crippen molar-refractivity contribution in [2.45, 2.75) is 37.8 Å². The molecule has 3 N–H and O–H groups in total. The van der Waals surface area contributed by atoms with Crippen LogP contribution in [0.5, 0.6) is 0 Å². The fourth-order valence-electron chi connectivity index (χ4n) is 2.53. The van der Waals surface area contributed by atoms with Gasteiger partial charge in [0.05, 0.1) is 17.6 Å². The van der Waals surface area contributed by atoms with Gasteiger partial charge in [0.2, 0.25) is 0 Å². The number of benzene rings is 1. The van der Waals surface area contributed by atoms with Gasteiger partial charge in [0.25, 0.3) is 0 Å². The molecule has 1 fully saturated rings. The fraction of sp³-hybridized carbons (Fsp3) is 0.533. The smallest absolute Gasteiger partial charge is 0.121 e. The Morgan fingerprint density at radius 2 is 2.16 bits per heavy atom. The van der Waals surface area contributed by atoms with E-state index in [4.69, 9.17) is 5.73 Å². The van der Waals surface area contributed by atoms with Crippen molar-refractivity contribution in [1.82, 2.24) is 14.9 Å². The predicted octanol–water partition coefficient (Wildman–Crippen LogP) is 2.27. The zero-order chi connectivity index (χ0) is 13.3. The third-order valence-electron chi connectivity index (χ3n) is 3.96. The molecule has 0 radical (unpaired) electrons. The summed E-state index contributed by atoms with van der Waals surface area (Å²) < 4.78 is 0.